The highest BCUT2D eigenvalue weighted by Crippen LogP contribution is 2.21. The lowest BCUT2D eigenvalue weighted by molar-refractivity contribution is -0.384. The van der Waals surface area contributed by atoms with Gasteiger partial charge >= 0.3 is 0 Å². The maximum atomic E-state index is 11.9. The molecule has 1 aromatic heterocycles. The van der Waals surface area contributed by atoms with E-state index in [1.165, 1.54) is 23.9 Å². The first kappa shape index (κ1) is 16.2. The Morgan fingerprint density at radius 3 is 2.59 bits per heavy atom. The zero-order valence-electron chi connectivity index (χ0n) is 11.9. The summed E-state index contributed by atoms with van der Waals surface area (Å²) in [7, 11) is 0. The number of nitro groups is 1. The minimum Gasteiger partial charge on any atom is -0.396 e. The van der Waals surface area contributed by atoms with Gasteiger partial charge in [0.2, 0.25) is 0 Å². The third-order valence-electron chi connectivity index (χ3n) is 3.09. The first-order valence-corrected chi connectivity index (χ1v) is 7.56. The van der Waals surface area contributed by atoms with Crippen molar-refractivity contribution in [1.29, 1.82) is 0 Å². The van der Waals surface area contributed by atoms with E-state index in [-0.39, 0.29) is 24.3 Å². The van der Waals surface area contributed by atoms with Gasteiger partial charge in [-0.25, -0.2) is 4.98 Å². The molecule has 0 saturated carbocycles. The number of rotatable bonds is 6. The number of aromatic amines is 1. The summed E-state index contributed by atoms with van der Waals surface area (Å²) in [6.07, 6.45) is 0.279. The number of H-pyrrole nitrogens is 1. The molecule has 0 aliphatic rings. The number of thioether (sulfide) groups is 1. The summed E-state index contributed by atoms with van der Waals surface area (Å²) < 4.78 is 0. The van der Waals surface area contributed by atoms with Crippen LogP contribution in [0, 0.1) is 17.0 Å². The van der Waals surface area contributed by atoms with Crippen molar-refractivity contribution in [2.24, 2.45) is 0 Å². The molecule has 1 aromatic carbocycles. The fourth-order valence-corrected chi connectivity index (χ4v) is 2.79. The van der Waals surface area contributed by atoms with Crippen molar-refractivity contribution in [3.8, 4) is 0 Å². The van der Waals surface area contributed by atoms with Gasteiger partial charge in [0.1, 0.15) is 0 Å². The molecule has 0 atom stereocenters. The van der Waals surface area contributed by atoms with Crippen LogP contribution in [0.25, 0.3) is 0 Å². The highest BCUT2D eigenvalue weighted by Gasteiger charge is 2.09. The molecule has 0 unspecified atom stereocenters. The topological polar surface area (TPSA) is 109 Å². The lowest BCUT2D eigenvalue weighted by atomic mass is 10.2. The molecule has 0 bridgehead atoms. The van der Waals surface area contributed by atoms with Crippen molar-refractivity contribution in [1.82, 2.24) is 9.97 Å². The maximum Gasteiger partial charge on any atom is 0.269 e. The van der Waals surface area contributed by atoms with E-state index in [0.717, 1.165) is 5.56 Å². The summed E-state index contributed by atoms with van der Waals surface area (Å²) in [5.74, 6) is 0.541. The number of nitrogens with one attached hydrogen (secondary N) is 1. The summed E-state index contributed by atoms with van der Waals surface area (Å²) in [6, 6.07) is 6.25. The van der Waals surface area contributed by atoms with E-state index in [0.29, 0.717) is 22.2 Å². The predicted octanol–water partition coefficient (Wildman–Crippen LogP) is 1.81. The molecule has 0 amide bonds. The van der Waals surface area contributed by atoms with Crippen LogP contribution in [0.1, 0.15) is 16.8 Å². The number of benzene rings is 1. The summed E-state index contributed by atoms with van der Waals surface area (Å²) in [6.45, 7) is 1.64. The lowest BCUT2D eigenvalue weighted by Gasteiger charge is -2.06. The van der Waals surface area contributed by atoms with Crippen LogP contribution in [0.2, 0.25) is 0 Å². The number of nitro benzene ring substituents is 1. The quantitative estimate of drug-likeness (QED) is 0.363. The first-order chi connectivity index (χ1) is 10.5. The maximum absolute atomic E-state index is 11.9. The number of aryl methyl sites for hydroxylation is 1. The number of aliphatic hydroxyl groups is 1. The highest BCUT2D eigenvalue weighted by molar-refractivity contribution is 7.98. The van der Waals surface area contributed by atoms with E-state index >= 15 is 0 Å². The van der Waals surface area contributed by atoms with Gasteiger partial charge in [0.25, 0.3) is 11.2 Å². The molecule has 7 nitrogen and oxygen atoms in total. The van der Waals surface area contributed by atoms with E-state index in [9.17, 15) is 14.9 Å². The van der Waals surface area contributed by atoms with Crippen molar-refractivity contribution >= 4 is 17.4 Å². The standard InChI is InChI=1S/C14H15N3O4S/c1-9-12(6-7-18)13(19)16-14(15-9)22-8-10-2-4-11(5-3-10)17(20)21/h2-5,18H,6-8H2,1H3,(H,15,16,19). The second kappa shape index (κ2) is 7.19. The van der Waals surface area contributed by atoms with Gasteiger partial charge in [0, 0.05) is 42.2 Å². The lowest BCUT2D eigenvalue weighted by Crippen LogP contribution is -2.18. The summed E-state index contributed by atoms with van der Waals surface area (Å²) in [4.78, 5) is 29.0. The van der Waals surface area contributed by atoms with Crippen molar-refractivity contribution in [3.63, 3.8) is 0 Å². The molecule has 0 radical (unpaired) electrons. The minimum atomic E-state index is -0.445. The normalized spacial score (nSPS) is 10.6. The van der Waals surface area contributed by atoms with Gasteiger partial charge < -0.3 is 10.1 Å². The SMILES string of the molecule is Cc1nc(SCc2ccc([N+](=O)[O-])cc2)[nH]c(=O)c1CCO. The van der Waals surface area contributed by atoms with Crippen LogP contribution in [-0.2, 0) is 12.2 Å². The monoisotopic (exact) mass is 321 g/mol. The zero-order chi connectivity index (χ0) is 16.1. The smallest absolute Gasteiger partial charge is 0.269 e. The molecular weight excluding hydrogens is 306 g/mol. The van der Waals surface area contributed by atoms with Gasteiger partial charge in [-0.3, -0.25) is 14.9 Å². The van der Waals surface area contributed by atoms with E-state index in [4.69, 9.17) is 5.11 Å². The van der Waals surface area contributed by atoms with E-state index in [2.05, 4.69) is 9.97 Å². The molecule has 2 aromatic rings. The van der Waals surface area contributed by atoms with E-state index < -0.39 is 4.92 Å². The van der Waals surface area contributed by atoms with Crippen LogP contribution in [0.4, 0.5) is 5.69 Å². The minimum absolute atomic E-state index is 0.0458. The van der Waals surface area contributed by atoms with Crippen LogP contribution in [0.15, 0.2) is 34.2 Å². The molecule has 2 N–H and O–H groups in total. The van der Waals surface area contributed by atoms with E-state index in [1.54, 1.807) is 19.1 Å². The molecule has 0 saturated heterocycles. The Morgan fingerprint density at radius 2 is 2.05 bits per heavy atom. The third kappa shape index (κ3) is 3.92. The number of hydrogen-bond acceptors (Lipinski definition) is 6. The second-order valence-electron chi connectivity index (χ2n) is 4.62. The molecule has 0 fully saturated rings. The molecule has 1 heterocycles. The van der Waals surface area contributed by atoms with Gasteiger partial charge in [-0.05, 0) is 12.5 Å². The first-order valence-electron chi connectivity index (χ1n) is 6.58. The number of non-ortho nitro benzene ring substituents is 1. The number of aromatic nitrogens is 2. The summed E-state index contributed by atoms with van der Waals surface area (Å²) in [5, 5.41) is 20.0. The van der Waals surface area contributed by atoms with Crippen molar-refractivity contribution in [2.75, 3.05) is 6.61 Å². The Balaban J connectivity index is 2.08. The van der Waals surface area contributed by atoms with Gasteiger partial charge in [-0.1, -0.05) is 23.9 Å². The molecular formula is C14H15N3O4S. The van der Waals surface area contributed by atoms with Gasteiger partial charge in [-0.2, -0.15) is 0 Å². The van der Waals surface area contributed by atoms with Crippen LogP contribution in [0.3, 0.4) is 0 Å². The van der Waals surface area contributed by atoms with Crippen LogP contribution < -0.4 is 5.56 Å². The largest absolute Gasteiger partial charge is 0.396 e. The van der Waals surface area contributed by atoms with Gasteiger partial charge in [-0.15, -0.1) is 0 Å². The Bertz CT molecular complexity index is 728. The van der Waals surface area contributed by atoms with Crippen molar-refractivity contribution < 1.29 is 10.0 Å². The Kier molecular flexibility index (Phi) is 5.29. The fourth-order valence-electron chi connectivity index (χ4n) is 1.92. The molecule has 0 spiro atoms. The third-order valence-corrected chi connectivity index (χ3v) is 4.03. The second-order valence-corrected chi connectivity index (χ2v) is 5.58. The molecule has 22 heavy (non-hydrogen) atoms. The molecule has 0 aliphatic carbocycles. The number of nitrogens with zero attached hydrogens (tertiary/aromatic N) is 2. The average Bonchev–Trinajstić information content (AvgIpc) is 2.49. The van der Waals surface area contributed by atoms with Gasteiger partial charge in [0.15, 0.2) is 5.16 Å². The molecule has 2 rings (SSSR count). The zero-order valence-corrected chi connectivity index (χ0v) is 12.7. The summed E-state index contributed by atoms with van der Waals surface area (Å²) >= 11 is 1.34. The number of hydrogen-bond donors (Lipinski definition) is 2. The average molecular weight is 321 g/mol. The summed E-state index contributed by atoms with van der Waals surface area (Å²) in [5.41, 5.74) is 1.79. The van der Waals surface area contributed by atoms with Crippen LogP contribution >= 0.6 is 11.8 Å². The molecule has 116 valence electrons. The Labute approximate surface area is 130 Å². The molecule has 8 heteroatoms. The number of aliphatic hydroxyl groups excluding tert-OH is 1. The van der Waals surface area contributed by atoms with Crippen LogP contribution in [-0.4, -0.2) is 26.6 Å². The van der Waals surface area contributed by atoms with Crippen molar-refractivity contribution in [2.45, 2.75) is 24.3 Å². The Morgan fingerprint density at radius 1 is 1.36 bits per heavy atom. The van der Waals surface area contributed by atoms with Gasteiger partial charge in [0.05, 0.1) is 4.92 Å². The molecule has 0 aliphatic heterocycles. The van der Waals surface area contributed by atoms with Crippen LogP contribution in [0.5, 0.6) is 0 Å². The Hall–Kier alpha value is -2.19. The highest BCUT2D eigenvalue weighted by atomic mass is 32.2. The van der Waals surface area contributed by atoms with Crippen molar-refractivity contribution in [3.05, 3.63) is 61.6 Å². The predicted molar refractivity (Wildman–Crippen MR) is 83.0 cm³/mol. The fraction of sp³-hybridized carbons (Fsp3) is 0.286. The van der Waals surface area contributed by atoms with E-state index in [1.807, 2.05) is 0 Å².